The van der Waals surface area contributed by atoms with Gasteiger partial charge in [0.05, 0.1) is 26.9 Å². The van der Waals surface area contributed by atoms with Crippen molar-refractivity contribution in [2.45, 2.75) is 11.8 Å². The largest absolute Gasteiger partial charge is 0.493 e. The lowest BCUT2D eigenvalue weighted by Crippen LogP contribution is -2.08. The van der Waals surface area contributed by atoms with Gasteiger partial charge in [0.15, 0.2) is 11.5 Å². The van der Waals surface area contributed by atoms with E-state index in [0.29, 0.717) is 22.8 Å². The van der Waals surface area contributed by atoms with Crippen molar-refractivity contribution in [2.24, 2.45) is 0 Å². The first-order chi connectivity index (χ1) is 8.47. The van der Waals surface area contributed by atoms with Crippen molar-refractivity contribution in [2.75, 3.05) is 21.3 Å². The van der Waals surface area contributed by atoms with Crippen molar-refractivity contribution in [1.29, 1.82) is 0 Å². The highest BCUT2D eigenvalue weighted by molar-refractivity contribution is 9.09. The molecule has 1 aromatic carbocycles. The number of aromatic carboxylic acids is 1. The first-order valence-corrected chi connectivity index (χ1v) is 6.09. The lowest BCUT2D eigenvalue weighted by molar-refractivity contribution is 0.0694. The van der Waals surface area contributed by atoms with Gasteiger partial charge in [0.2, 0.25) is 5.75 Å². The molecule has 0 fully saturated rings. The molecule has 1 N–H and O–H groups in total. The maximum absolute atomic E-state index is 11.3. The standard InChI is InChI=1S/C12H15BrO5/c1-6(13)9-7(12(14)15)5-8(16-2)10(17-3)11(9)18-4/h5-6H,1-4H3,(H,14,15). The summed E-state index contributed by atoms with van der Waals surface area (Å²) < 4.78 is 15.6. The Kier molecular flexibility index (Phi) is 4.84. The Balaban J connectivity index is 3.69. The van der Waals surface area contributed by atoms with Gasteiger partial charge in [-0.3, -0.25) is 0 Å². The maximum atomic E-state index is 11.3. The number of carboxylic acids is 1. The summed E-state index contributed by atoms with van der Waals surface area (Å²) >= 11 is 3.36. The normalized spacial score (nSPS) is 11.8. The zero-order chi connectivity index (χ0) is 13.9. The first kappa shape index (κ1) is 14.6. The fourth-order valence-electron chi connectivity index (χ4n) is 1.75. The number of carboxylic acid groups (broad SMARTS) is 1. The van der Waals surface area contributed by atoms with Gasteiger partial charge in [-0.05, 0) is 13.0 Å². The molecule has 18 heavy (non-hydrogen) atoms. The summed E-state index contributed by atoms with van der Waals surface area (Å²) in [4.78, 5) is 11.1. The van der Waals surface area contributed by atoms with Crippen LogP contribution in [0, 0.1) is 0 Å². The lowest BCUT2D eigenvalue weighted by atomic mass is 10.0. The minimum Gasteiger partial charge on any atom is -0.493 e. The number of alkyl halides is 1. The summed E-state index contributed by atoms with van der Waals surface area (Å²) in [5.41, 5.74) is 0.636. The number of rotatable bonds is 5. The van der Waals surface area contributed by atoms with E-state index in [1.165, 1.54) is 27.4 Å². The Bertz CT molecular complexity index is 456. The van der Waals surface area contributed by atoms with E-state index in [9.17, 15) is 9.90 Å². The molecule has 0 saturated heterocycles. The topological polar surface area (TPSA) is 65.0 Å². The average Bonchev–Trinajstić information content (AvgIpc) is 2.35. The highest BCUT2D eigenvalue weighted by atomic mass is 79.9. The second-order valence-corrected chi connectivity index (χ2v) is 4.90. The Morgan fingerprint density at radius 2 is 1.78 bits per heavy atom. The highest BCUT2D eigenvalue weighted by Gasteiger charge is 2.26. The molecular formula is C12H15BrO5. The predicted octanol–water partition coefficient (Wildman–Crippen LogP) is 2.87. The molecule has 100 valence electrons. The molecule has 1 aromatic rings. The van der Waals surface area contributed by atoms with Crippen molar-refractivity contribution < 1.29 is 24.1 Å². The third-order valence-electron chi connectivity index (χ3n) is 2.50. The maximum Gasteiger partial charge on any atom is 0.336 e. The molecule has 6 heteroatoms. The van der Waals surface area contributed by atoms with Crippen LogP contribution in [0.15, 0.2) is 6.07 Å². The Morgan fingerprint density at radius 3 is 2.11 bits per heavy atom. The number of carbonyl (C=O) groups is 1. The van der Waals surface area contributed by atoms with Gasteiger partial charge < -0.3 is 19.3 Å². The lowest BCUT2D eigenvalue weighted by Gasteiger charge is -2.19. The Hall–Kier alpha value is -1.43. The zero-order valence-electron chi connectivity index (χ0n) is 10.6. The van der Waals surface area contributed by atoms with Gasteiger partial charge >= 0.3 is 5.97 Å². The molecule has 1 rings (SSSR count). The number of halogens is 1. The molecule has 0 heterocycles. The predicted molar refractivity (Wildman–Crippen MR) is 70.4 cm³/mol. The van der Waals surface area contributed by atoms with Gasteiger partial charge in [0, 0.05) is 10.4 Å². The van der Waals surface area contributed by atoms with Crippen molar-refractivity contribution in [3.8, 4) is 17.2 Å². The van der Waals surface area contributed by atoms with Crippen molar-refractivity contribution in [1.82, 2.24) is 0 Å². The van der Waals surface area contributed by atoms with Gasteiger partial charge in [-0.1, -0.05) is 15.9 Å². The molecule has 1 unspecified atom stereocenters. The van der Waals surface area contributed by atoms with Gasteiger partial charge in [0.25, 0.3) is 0 Å². The van der Waals surface area contributed by atoms with Crippen LogP contribution < -0.4 is 14.2 Å². The van der Waals surface area contributed by atoms with E-state index in [1.807, 2.05) is 6.92 Å². The van der Waals surface area contributed by atoms with Crippen LogP contribution in [0.3, 0.4) is 0 Å². The molecular weight excluding hydrogens is 304 g/mol. The van der Waals surface area contributed by atoms with E-state index in [4.69, 9.17) is 14.2 Å². The van der Waals surface area contributed by atoms with Crippen molar-refractivity contribution >= 4 is 21.9 Å². The summed E-state index contributed by atoms with van der Waals surface area (Å²) in [5.74, 6) is 0.0177. The average molecular weight is 319 g/mol. The third-order valence-corrected chi connectivity index (χ3v) is 2.95. The zero-order valence-corrected chi connectivity index (χ0v) is 12.2. The summed E-state index contributed by atoms with van der Waals surface area (Å²) in [5, 5.41) is 9.25. The fourth-order valence-corrected chi connectivity index (χ4v) is 2.20. The molecule has 0 aliphatic carbocycles. The minimum absolute atomic E-state index is 0.119. The van der Waals surface area contributed by atoms with Gasteiger partial charge in [0.1, 0.15) is 0 Å². The second kappa shape index (κ2) is 5.95. The third kappa shape index (κ3) is 2.53. The van der Waals surface area contributed by atoms with E-state index in [1.54, 1.807) is 0 Å². The molecule has 5 nitrogen and oxygen atoms in total. The second-order valence-electron chi connectivity index (χ2n) is 3.53. The summed E-state index contributed by atoms with van der Waals surface area (Å²) in [6.07, 6.45) is 0. The molecule has 1 atom stereocenters. The summed E-state index contributed by atoms with van der Waals surface area (Å²) in [6, 6.07) is 1.43. The van der Waals surface area contributed by atoms with Crippen LogP contribution >= 0.6 is 15.9 Å². The SMILES string of the molecule is COc1cc(C(=O)O)c(C(C)Br)c(OC)c1OC. The van der Waals surface area contributed by atoms with Gasteiger partial charge in [-0.15, -0.1) is 0 Å². The summed E-state index contributed by atoms with van der Waals surface area (Å²) in [6.45, 7) is 1.82. The van der Waals surface area contributed by atoms with E-state index in [2.05, 4.69) is 15.9 Å². The summed E-state index contributed by atoms with van der Waals surface area (Å²) in [7, 11) is 4.38. The van der Waals surface area contributed by atoms with Crippen LogP contribution in [-0.2, 0) is 0 Å². The van der Waals surface area contributed by atoms with E-state index in [0.717, 1.165) is 0 Å². The first-order valence-electron chi connectivity index (χ1n) is 5.18. The Labute approximate surface area is 114 Å². The Morgan fingerprint density at radius 1 is 1.22 bits per heavy atom. The van der Waals surface area contributed by atoms with Gasteiger partial charge in [-0.2, -0.15) is 0 Å². The van der Waals surface area contributed by atoms with Crippen LogP contribution in [0.25, 0.3) is 0 Å². The van der Waals surface area contributed by atoms with Crippen LogP contribution in [-0.4, -0.2) is 32.4 Å². The van der Waals surface area contributed by atoms with Crippen molar-refractivity contribution in [3.63, 3.8) is 0 Å². The van der Waals surface area contributed by atoms with Crippen LogP contribution in [0.4, 0.5) is 0 Å². The molecule has 0 aliphatic rings. The number of methoxy groups -OCH3 is 3. The number of hydrogen-bond acceptors (Lipinski definition) is 4. The molecule has 0 aromatic heterocycles. The van der Waals surface area contributed by atoms with Gasteiger partial charge in [-0.25, -0.2) is 4.79 Å². The molecule has 0 spiro atoms. The van der Waals surface area contributed by atoms with E-state index < -0.39 is 5.97 Å². The van der Waals surface area contributed by atoms with Crippen LogP contribution in [0.5, 0.6) is 17.2 Å². The van der Waals surface area contributed by atoms with Crippen LogP contribution in [0.1, 0.15) is 27.7 Å². The number of ether oxygens (including phenoxy) is 3. The highest BCUT2D eigenvalue weighted by Crippen LogP contribution is 2.46. The van der Waals surface area contributed by atoms with Crippen molar-refractivity contribution in [3.05, 3.63) is 17.2 Å². The molecule has 0 saturated carbocycles. The smallest absolute Gasteiger partial charge is 0.336 e. The monoisotopic (exact) mass is 318 g/mol. The molecule has 0 amide bonds. The molecule has 0 radical (unpaired) electrons. The minimum atomic E-state index is -1.05. The fraction of sp³-hybridized carbons (Fsp3) is 0.417. The quantitative estimate of drug-likeness (QED) is 0.846. The van der Waals surface area contributed by atoms with E-state index >= 15 is 0 Å². The van der Waals surface area contributed by atoms with Crippen LogP contribution in [0.2, 0.25) is 0 Å². The molecule has 0 aliphatic heterocycles. The molecule has 0 bridgehead atoms. The van der Waals surface area contributed by atoms with E-state index in [-0.39, 0.29) is 10.4 Å². The number of hydrogen-bond donors (Lipinski definition) is 1. The number of benzene rings is 1.